The molecule has 0 aromatic rings. The molecule has 0 N–H and O–H groups in total. The van der Waals surface area contributed by atoms with Crippen LogP contribution in [0.25, 0.3) is 0 Å². The first-order valence-corrected chi connectivity index (χ1v) is 32.4. The van der Waals surface area contributed by atoms with E-state index in [0.717, 1.165) is 103 Å². The fourth-order valence-corrected chi connectivity index (χ4v) is 9.01. The van der Waals surface area contributed by atoms with Crippen molar-refractivity contribution in [3.63, 3.8) is 0 Å². The Morgan fingerprint density at radius 1 is 0.273 bits per heavy atom. The number of hydrogen-bond donors (Lipinski definition) is 0. The molecule has 0 radical (unpaired) electrons. The Morgan fingerprint density at radius 2 is 0.532 bits per heavy atom. The Bertz CT molecular complexity index is 1560. The smallest absolute Gasteiger partial charge is 0.306 e. The lowest BCUT2D eigenvalue weighted by Crippen LogP contribution is -2.30. The van der Waals surface area contributed by atoms with E-state index in [4.69, 9.17) is 14.2 Å². The van der Waals surface area contributed by atoms with Crippen LogP contribution in [0.1, 0.15) is 303 Å². The Labute approximate surface area is 476 Å². The van der Waals surface area contributed by atoms with Gasteiger partial charge in [0.1, 0.15) is 13.2 Å². The van der Waals surface area contributed by atoms with Gasteiger partial charge < -0.3 is 14.2 Å². The predicted octanol–water partition coefficient (Wildman–Crippen LogP) is 22.2. The van der Waals surface area contributed by atoms with Crippen LogP contribution < -0.4 is 0 Å². The average Bonchev–Trinajstić information content (AvgIpc) is 3.43. The molecule has 0 aliphatic heterocycles. The van der Waals surface area contributed by atoms with E-state index in [1.807, 2.05) is 6.08 Å². The van der Waals surface area contributed by atoms with E-state index in [9.17, 15) is 14.4 Å². The van der Waals surface area contributed by atoms with Crippen LogP contribution in [0.3, 0.4) is 0 Å². The molecule has 1 unspecified atom stereocenters. The van der Waals surface area contributed by atoms with Gasteiger partial charge in [-0.15, -0.1) is 0 Å². The number of ether oxygens (including phenoxy) is 3. The van der Waals surface area contributed by atoms with Gasteiger partial charge in [-0.25, -0.2) is 0 Å². The summed E-state index contributed by atoms with van der Waals surface area (Å²) in [4.78, 5) is 38.2. The molecule has 0 fully saturated rings. The van der Waals surface area contributed by atoms with Gasteiger partial charge in [0.25, 0.3) is 0 Å². The van der Waals surface area contributed by atoms with Crippen molar-refractivity contribution in [1.29, 1.82) is 0 Å². The van der Waals surface area contributed by atoms with E-state index in [-0.39, 0.29) is 31.6 Å². The zero-order valence-corrected chi connectivity index (χ0v) is 50.4. The van der Waals surface area contributed by atoms with E-state index < -0.39 is 12.1 Å². The second-order valence-corrected chi connectivity index (χ2v) is 21.3. The molecule has 440 valence electrons. The number of hydrogen-bond acceptors (Lipinski definition) is 6. The summed E-state index contributed by atoms with van der Waals surface area (Å²) in [6, 6.07) is 0. The van der Waals surface area contributed by atoms with Crippen molar-refractivity contribution in [1.82, 2.24) is 0 Å². The topological polar surface area (TPSA) is 78.9 Å². The Kier molecular flexibility index (Phi) is 61.3. The van der Waals surface area contributed by atoms with Gasteiger partial charge in [-0.1, -0.05) is 304 Å². The molecular formula is C71H120O6. The fourth-order valence-electron chi connectivity index (χ4n) is 9.01. The first-order valence-electron chi connectivity index (χ1n) is 32.4. The SMILES string of the molecule is CC/C=C\C/C=C\C/C=C\C/C=C\C/C=C\C/C=C\CCC(=O)OC(COC(=O)CCCCC/C=C\C/C=C\C/C=C\CC)COC(=O)CCCCCCCCCCCCCCCCCCCCCCCCCCCCC. The Morgan fingerprint density at radius 3 is 0.844 bits per heavy atom. The van der Waals surface area contributed by atoms with Crippen LogP contribution in [-0.4, -0.2) is 37.2 Å². The first-order chi connectivity index (χ1) is 38.0. The minimum absolute atomic E-state index is 0.117. The molecule has 77 heavy (non-hydrogen) atoms. The van der Waals surface area contributed by atoms with Crippen molar-refractivity contribution >= 4 is 17.9 Å². The largest absolute Gasteiger partial charge is 0.462 e. The molecule has 6 nitrogen and oxygen atoms in total. The van der Waals surface area contributed by atoms with E-state index in [0.29, 0.717) is 19.3 Å². The van der Waals surface area contributed by atoms with Crippen molar-refractivity contribution < 1.29 is 28.6 Å². The highest BCUT2D eigenvalue weighted by atomic mass is 16.6. The van der Waals surface area contributed by atoms with Crippen molar-refractivity contribution in [3.8, 4) is 0 Å². The highest BCUT2D eigenvalue weighted by molar-refractivity contribution is 5.71. The molecule has 0 aliphatic carbocycles. The molecular weight excluding hydrogens is 949 g/mol. The summed E-state index contributed by atoms with van der Waals surface area (Å²) in [5.41, 5.74) is 0. The summed E-state index contributed by atoms with van der Waals surface area (Å²) in [6.45, 7) is 6.35. The molecule has 0 bridgehead atoms. The lowest BCUT2D eigenvalue weighted by Gasteiger charge is -2.18. The van der Waals surface area contributed by atoms with E-state index in [2.05, 4.69) is 124 Å². The van der Waals surface area contributed by atoms with Gasteiger partial charge >= 0.3 is 17.9 Å². The van der Waals surface area contributed by atoms with Gasteiger partial charge in [0.2, 0.25) is 0 Å². The normalized spacial score (nSPS) is 12.8. The summed E-state index contributed by atoms with van der Waals surface area (Å²) in [6.07, 6.45) is 88.5. The zero-order chi connectivity index (χ0) is 55.7. The summed E-state index contributed by atoms with van der Waals surface area (Å²) in [7, 11) is 0. The molecule has 0 aliphatic rings. The fraction of sp³-hybridized carbons (Fsp3) is 0.704. The van der Waals surface area contributed by atoms with E-state index >= 15 is 0 Å². The lowest BCUT2D eigenvalue weighted by atomic mass is 10.0. The lowest BCUT2D eigenvalue weighted by molar-refractivity contribution is -0.166. The van der Waals surface area contributed by atoms with Crippen molar-refractivity contribution in [2.75, 3.05) is 13.2 Å². The molecule has 6 heteroatoms. The molecule has 0 amide bonds. The average molecular weight is 1070 g/mol. The second kappa shape index (κ2) is 64.6. The molecule has 0 aromatic carbocycles. The number of unbranched alkanes of at least 4 members (excludes halogenated alkanes) is 29. The Balaban J connectivity index is 4.35. The molecule has 0 saturated heterocycles. The molecule has 0 spiro atoms. The summed E-state index contributed by atoms with van der Waals surface area (Å²) in [5.74, 6) is -1.03. The van der Waals surface area contributed by atoms with Gasteiger partial charge in [-0.2, -0.15) is 0 Å². The maximum atomic E-state index is 12.9. The monoisotopic (exact) mass is 1070 g/mol. The third-order valence-corrected chi connectivity index (χ3v) is 13.8. The van der Waals surface area contributed by atoms with Crippen molar-refractivity contribution in [2.24, 2.45) is 0 Å². The van der Waals surface area contributed by atoms with Gasteiger partial charge in [0.05, 0.1) is 0 Å². The maximum absolute atomic E-state index is 12.9. The van der Waals surface area contributed by atoms with Crippen LogP contribution in [0, 0.1) is 0 Å². The van der Waals surface area contributed by atoms with Gasteiger partial charge in [0.15, 0.2) is 6.10 Å². The number of carbonyl (C=O) groups excluding carboxylic acids is 3. The molecule has 0 aromatic heterocycles. The van der Waals surface area contributed by atoms with Crippen LogP contribution >= 0.6 is 0 Å². The quantitative estimate of drug-likeness (QED) is 0.0261. The van der Waals surface area contributed by atoms with Crippen molar-refractivity contribution in [3.05, 3.63) is 109 Å². The number of allylic oxidation sites excluding steroid dienone is 18. The van der Waals surface area contributed by atoms with E-state index in [1.54, 1.807) is 0 Å². The summed E-state index contributed by atoms with van der Waals surface area (Å²) >= 11 is 0. The third-order valence-electron chi connectivity index (χ3n) is 13.8. The summed E-state index contributed by atoms with van der Waals surface area (Å²) in [5, 5.41) is 0. The molecule has 1 atom stereocenters. The third kappa shape index (κ3) is 62.8. The number of esters is 3. The predicted molar refractivity (Wildman–Crippen MR) is 334 cm³/mol. The van der Waals surface area contributed by atoms with Gasteiger partial charge in [-0.05, 0) is 89.9 Å². The number of rotatable bonds is 58. The Hall–Kier alpha value is -3.93. The molecule has 0 rings (SSSR count). The highest BCUT2D eigenvalue weighted by Gasteiger charge is 2.19. The molecule has 0 saturated carbocycles. The minimum atomic E-state index is -0.832. The van der Waals surface area contributed by atoms with Crippen LogP contribution in [0.5, 0.6) is 0 Å². The zero-order valence-electron chi connectivity index (χ0n) is 50.4. The van der Waals surface area contributed by atoms with Crippen LogP contribution in [0.4, 0.5) is 0 Å². The van der Waals surface area contributed by atoms with Crippen LogP contribution in [0.2, 0.25) is 0 Å². The van der Waals surface area contributed by atoms with Crippen LogP contribution in [0.15, 0.2) is 109 Å². The first kappa shape index (κ1) is 73.1. The molecule has 0 heterocycles. The summed E-state index contributed by atoms with van der Waals surface area (Å²) < 4.78 is 16.8. The number of carbonyl (C=O) groups is 3. The minimum Gasteiger partial charge on any atom is -0.462 e. The second-order valence-electron chi connectivity index (χ2n) is 21.3. The maximum Gasteiger partial charge on any atom is 0.306 e. The van der Waals surface area contributed by atoms with E-state index in [1.165, 1.54) is 154 Å². The highest BCUT2D eigenvalue weighted by Crippen LogP contribution is 2.17. The van der Waals surface area contributed by atoms with Gasteiger partial charge in [-0.3, -0.25) is 14.4 Å². The van der Waals surface area contributed by atoms with Crippen LogP contribution in [-0.2, 0) is 28.6 Å². The van der Waals surface area contributed by atoms with Gasteiger partial charge in [0, 0.05) is 19.3 Å². The van der Waals surface area contributed by atoms with Crippen molar-refractivity contribution in [2.45, 2.75) is 309 Å². The standard InChI is InChI=1S/C71H120O6/c1-4-7-10-13-16-19-22-25-27-29-31-32-33-34-35-36-37-38-40-41-43-46-49-52-55-58-61-64-70(73)76-67-68(66-75-69(72)63-60-57-54-51-48-45-24-21-18-15-12-9-6-3)77-71(74)65-62-59-56-53-50-47-44-42-39-30-28-26-23-20-17-14-11-8-5-2/h8-9,11-12,17-18,20-21,26,28,39,42,45,47-48,50,56,59,68H,4-7,10,13-16,19,22-25,27,29-38,40-41,43-44,46,49,51-55,57-58,60-67H2,1-3H3/b11-8-,12-9-,20-17-,21-18-,28-26-,42-39-,48-45-,50-47-,59-56-.